The maximum atomic E-state index is 10.3. The topological polar surface area (TPSA) is 30.0 Å². The van der Waals surface area contributed by atoms with Crippen molar-refractivity contribution in [2.75, 3.05) is 11.5 Å². The molecule has 0 amide bonds. The van der Waals surface area contributed by atoms with Crippen LogP contribution in [0.5, 0.6) is 0 Å². The van der Waals surface area contributed by atoms with Crippen molar-refractivity contribution in [1.29, 1.82) is 0 Å². The fourth-order valence-electron chi connectivity index (χ4n) is 1.62. The predicted molar refractivity (Wildman–Crippen MR) is 61.2 cm³/mol. The number of hydrogen-bond acceptors (Lipinski definition) is 4. The van der Waals surface area contributed by atoms with E-state index < -0.39 is 0 Å². The molecule has 76 valence electrons. The number of carbonyl (C=O) groups excluding carboxylic acids is 1. The van der Waals surface area contributed by atoms with Crippen molar-refractivity contribution >= 4 is 29.4 Å². The molecule has 1 fully saturated rings. The standard InChI is InChI=1S/C10H13NOS2/c12-4-3-9-7-14-10(11-9)8-2-1-5-13-6-8/h4,7-8H,1-3,5-6H2. The van der Waals surface area contributed by atoms with Gasteiger partial charge in [0.05, 0.1) is 10.7 Å². The van der Waals surface area contributed by atoms with Gasteiger partial charge in [-0.25, -0.2) is 4.98 Å². The van der Waals surface area contributed by atoms with Crippen LogP contribution in [-0.4, -0.2) is 22.8 Å². The van der Waals surface area contributed by atoms with E-state index in [0.29, 0.717) is 12.3 Å². The van der Waals surface area contributed by atoms with Crippen molar-refractivity contribution in [3.63, 3.8) is 0 Å². The van der Waals surface area contributed by atoms with E-state index in [2.05, 4.69) is 4.98 Å². The number of thioether (sulfide) groups is 1. The van der Waals surface area contributed by atoms with Crippen molar-refractivity contribution in [2.24, 2.45) is 0 Å². The summed E-state index contributed by atoms with van der Waals surface area (Å²) in [6.07, 6.45) is 3.96. The van der Waals surface area contributed by atoms with Gasteiger partial charge in [0.25, 0.3) is 0 Å². The summed E-state index contributed by atoms with van der Waals surface area (Å²) in [5.74, 6) is 3.14. The van der Waals surface area contributed by atoms with Crippen LogP contribution in [0.2, 0.25) is 0 Å². The van der Waals surface area contributed by atoms with Crippen molar-refractivity contribution in [3.8, 4) is 0 Å². The van der Waals surface area contributed by atoms with E-state index in [1.165, 1.54) is 29.4 Å². The van der Waals surface area contributed by atoms with Crippen LogP contribution in [0.3, 0.4) is 0 Å². The second-order valence-corrected chi connectivity index (χ2v) is 5.50. The molecule has 0 bridgehead atoms. The molecule has 0 aromatic carbocycles. The molecule has 1 saturated heterocycles. The van der Waals surface area contributed by atoms with E-state index in [9.17, 15) is 4.79 Å². The second-order valence-electron chi connectivity index (χ2n) is 3.46. The number of rotatable bonds is 3. The highest BCUT2D eigenvalue weighted by Crippen LogP contribution is 2.32. The lowest BCUT2D eigenvalue weighted by atomic mass is 10.1. The summed E-state index contributed by atoms with van der Waals surface area (Å²) in [6.45, 7) is 0. The van der Waals surface area contributed by atoms with Crippen molar-refractivity contribution < 1.29 is 4.79 Å². The second kappa shape index (κ2) is 4.94. The van der Waals surface area contributed by atoms with Crippen LogP contribution in [0.1, 0.15) is 29.5 Å². The lowest BCUT2D eigenvalue weighted by molar-refractivity contribution is -0.107. The predicted octanol–water partition coefficient (Wildman–Crippen LogP) is 2.50. The molecule has 2 rings (SSSR count). The average molecular weight is 227 g/mol. The molecule has 0 aliphatic carbocycles. The van der Waals surface area contributed by atoms with Gasteiger partial charge >= 0.3 is 0 Å². The molecule has 1 unspecified atom stereocenters. The largest absolute Gasteiger partial charge is 0.303 e. The number of aldehydes is 1. The quantitative estimate of drug-likeness (QED) is 0.743. The summed E-state index contributed by atoms with van der Waals surface area (Å²) in [5, 5.41) is 3.25. The molecule has 1 aromatic rings. The molecule has 0 radical (unpaired) electrons. The van der Waals surface area contributed by atoms with E-state index in [1.54, 1.807) is 11.3 Å². The third-order valence-corrected chi connectivity index (χ3v) is 4.64. The molecule has 1 aromatic heterocycles. The van der Waals surface area contributed by atoms with Gasteiger partial charge in [-0.3, -0.25) is 0 Å². The van der Waals surface area contributed by atoms with E-state index in [-0.39, 0.29) is 0 Å². The van der Waals surface area contributed by atoms with Crippen LogP contribution in [0.4, 0.5) is 0 Å². The fraction of sp³-hybridized carbons (Fsp3) is 0.600. The van der Waals surface area contributed by atoms with Gasteiger partial charge < -0.3 is 4.79 Å². The maximum Gasteiger partial charge on any atom is 0.125 e. The molecule has 0 saturated carbocycles. The molecule has 1 aliphatic rings. The summed E-state index contributed by atoms with van der Waals surface area (Å²) in [5.41, 5.74) is 0.940. The molecule has 0 spiro atoms. The van der Waals surface area contributed by atoms with Crippen LogP contribution in [-0.2, 0) is 11.2 Å². The van der Waals surface area contributed by atoms with Gasteiger partial charge in [-0.15, -0.1) is 11.3 Å². The minimum absolute atomic E-state index is 0.469. The Morgan fingerprint density at radius 3 is 3.29 bits per heavy atom. The summed E-state index contributed by atoms with van der Waals surface area (Å²) < 4.78 is 0. The summed E-state index contributed by atoms with van der Waals surface area (Å²) in [6, 6.07) is 0. The number of thiazole rings is 1. The highest BCUT2D eigenvalue weighted by Gasteiger charge is 2.18. The Kier molecular flexibility index (Phi) is 3.59. The van der Waals surface area contributed by atoms with Crippen molar-refractivity contribution in [2.45, 2.75) is 25.2 Å². The molecule has 4 heteroatoms. The van der Waals surface area contributed by atoms with Crippen LogP contribution >= 0.6 is 23.1 Å². The fourth-order valence-corrected chi connectivity index (χ4v) is 3.85. The molecule has 0 N–H and O–H groups in total. The average Bonchev–Trinajstić information content (AvgIpc) is 2.68. The van der Waals surface area contributed by atoms with Gasteiger partial charge in [-0.05, 0) is 18.6 Å². The minimum Gasteiger partial charge on any atom is -0.303 e. The zero-order chi connectivity index (χ0) is 9.80. The van der Waals surface area contributed by atoms with Gasteiger partial charge in [-0.2, -0.15) is 11.8 Å². The summed E-state index contributed by atoms with van der Waals surface area (Å²) in [7, 11) is 0. The van der Waals surface area contributed by atoms with E-state index in [0.717, 1.165) is 12.0 Å². The smallest absolute Gasteiger partial charge is 0.125 e. The first-order valence-corrected chi connectivity index (χ1v) is 6.89. The highest BCUT2D eigenvalue weighted by molar-refractivity contribution is 7.99. The Balaban J connectivity index is 2.03. The minimum atomic E-state index is 0.469. The molecule has 2 heterocycles. The first-order chi connectivity index (χ1) is 6.90. The van der Waals surface area contributed by atoms with Crippen LogP contribution in [0, 0.1) is 0 Å². The first kappa shape index (κ1) is 10.2. The Labute approximate surface area is 92.1 Å². The molecule has 14 heavy (non-hydrogen) atoms. The Morgan fingerprint density at radius 1 is 1.64 bits per heavy atom. The number of carbonyl (C=O) groups is 1. The molecule has 1 aliphatic heterocycles. The number of aromatic nitrogens is 1. The van der Waals surface area contributed by atoms with Gasteiger partial charge in [0.15, 0.2) is 0 Å². The Morgan fingerprint density at radius 2 is 2.57 bits per heavy atom. The monoisotopic (exact) mass is 227 g/mol. The van der Waals surface area contributed by atoms with Gasteiger partial charge in [0.1, 0.15) is 6.29 Å². The van der Waals surface area contributed by atoms with E-state index in [4.69, 9.17) is 0 Å². The van der Waals surface area contributed by atoms with E-state index >= 15 is 0 Å². The molecule has 2 nitrogen and oxygen atoms in total. The SMILES string of the molecule is O=CCc1csc(C2CCCSC2)n1. The van der Waals surface area contributed by atoms with E-state index in [1.807, 2.05) is 17.1 Å². The third-order valence-electron chi connectivity index (χ3n) is 2.37. The summed E-state index contributed by atoms with van der Waals surface area (Å²) in [4.78, 5) is 14.8. The van der Waals surface area contributed by atoms with Crippen molar-refractivity contribution in [3.05, 3.63) is 16.1 Å². The van der Waals surface area contributed by atoms with Crippen LogP contribution in [0.15, 0.2) is 5.38 Å². The van der Waals surface area contributed by atoms with Gasteiger partial charge in [0.2, 0.25) is 0 Å². The Bertz CT molecular complexity index is 305. The molecule has 1 atom stereocenters. The first-order valence-electron chi connectivity index (χ1n) is 4.86. The maximum absolute atomic E-state index is 10.3. The molecular formula is C10H13NOS2. The zero-order valence-electron chi connectivity index (χ0n) is 7.94. The van der Waals surface area contributed by atoms with Crippen molar-refractivity contribution in [1.82, 2.24) is 4.98 Å². The Hall–Kier alpha value is -0.350. The highest BCUT2D eigenvalue weighted by atomic mass is 32.2. The van der Waals surface area contributed by atoms with Gasteiger partial charge in [-0.1, -0.05) is 0 Å². The molecular weight excluding hydrogens is 214 g/mol. The third kappa shape index (κ3) is 2.36. The number of nitrogens with zero attached hydrogens (tertiary/aromatic N) is 1. The number of hydrogen-bond donors (Lipinski definition) is 0. The lowest BCUT2D eigenvalue weighted by Crippen LogP contribution is -2.08. The summed E-state index contributed by atoms with van der Waals surface area (Å²) >= 11 is 3.73. The van der Waals surface area contributed by atoms with Crippen LogP contribution < -0.4 is 0 Å². The zero-order valence-corrected chi connectivity index (χ0v) is 9.57. The lowest BCUT2D eigenvalue weighted by Gasteiger charge is -2.18. The van der Waals surface area contributed by atoms with Crippen LogP contribution in [0.25, 0.3) is 0 Å². The van der Waals surface area contributed by atoms with Gasteiger partial charge in [0, 0.05) is 23.5 Å². The normalized spacial score (nSPS) is 22.1.